The quantitative estimate of drug-likeness (QED) is 0.924. The number of hydrogen-bond acceptors (Lipinski definition) is 2. The summed E-state index contributed by atoms with van der Waals surface area (Å²) in [6, 6.07) is 15.6. The highest BCUT2D eigenvalue weighted by Crippen LogP contribution is 2.38. The summed E-state index contributed by atoms with van der Waals surface area (Å²) in [5.74, 6) is 0.817. The van der Waals surface area contributed by atoms with Crippen LogP contribution in [0.3, 0.4) is 0 Å². The Morgan fingerprint density at radius 3 is 2.50 bits per heavy atom. The second-order valence-corrected chi connectivity index (χ2v) is 5.43. The zero-order chi connectivity index (χ0) is 13.9. The number of aromatic nitrogens is 1. The first kappa shape index (κ1) is 12.9. The lowest BCUT2D eigenvalue weighted by molar-refractivity contribution is -0.123. The summed E-state index contributed by atoms with van der Waals surface area (Å²) in [4.78, 5) is 16.6. The molecule has 1 aliphatic carbocycles. The zero-order valence-corrected chi connectivity index (χ0v) is 11.5. The van der Waals surface area contributed by atoms with Crippen LogP contribution in [0.4, 0.5) is 0 Å². The first-order valence-electron chi connectivity index (χ1n) is 7.02. The van der Waals surface area contributed by atoms with Crippen LogP contribution in [0.2, 0.25) is 0 Å². The zero-order valence-electron chi connectivity index (χ0n) is 11.5. The van der Waals surface area contributed by atoms with Gasteiger partial charge in [-0.1, -0.05) is 43.3 Å². The molecule has 3 nitrogen and oxygen atoms in total. The lowest BCUT2D eigenvalue weighted by Gasteiger charge is -2.19. The third-order valence-electron chi connectivity index (χ3n) is 3.85. The number of nitrogens with one attached hydrogen (secondary N) is 1. The van der Waals surface area contributed by atoms with E-state index in [1.165, 1.54) is 0 Å². The average molecular weight is 266 g/mol. The van der Waals surface area contributed by atoms with Crippen molar-refractivity contribution in [2.24, 2.45) is 11.8 Å². The van der Waals surface area contributed by atoms with Crippen LogP contribution in [0.15, 0.2) is 54.7 Å². The number of carbonyl (C=O) groups is 1. The standard InChI is InChI=1S/C17H18N2O/c1-12-11-14(12)17(20)19-16(13-7-3-2-4-8-13)15-9-5-6-10-18-15/h2-10,12,14,16H,11H2,1H3,(H,19,20)/t12-,14+,16+/m1/s1. The van der Waals surface area contributed by atoms with Crippen LogP contribution in [-0.4, -0.2) is 10.9 Å². The molecule has 1 aliphatic rings. The fraction of sp³-hybridized carbons (Fsp3) is 0.294. The van der Waals surface area contributed by atoms with E-state index < -0.39 is 0 Å². The van der Waals surface area contributed by atoms with Gasteiger partial charge in [-0.2, -0.15) is 0 Å². The van der Waals surface area contributed by atoms with Gasteiger partial charge in [-0.3, -0.25) is 9.78 Å². The Morgan fingerprint density at radius 2 is 1.90 bits per heavy atom. The number of hydrogen-bond donors (Lipinski definition) is 1. The van der Waals surface area contributed by atoms with E-state index in [0.717, 1.165) is 17.7 Å². The Labute approximate surface area is 119 Å². The Kier molecular flexibility index (Phi) is 3.50. The maximum absolute atomic E-state index is 12.2. The van der Waals surface area contributed by atoms with Gasteiger partial charge >= 0.3 is 0 Å². The van der Waals surface area contributed by atoms with Crippen LogP contribution >= 0.6 is 0 Å². The van der Waals surface area contributed by atoms with Crippen LogP contribution in [0, 0.1) is 11.8 Å². The summed E-state index contributed by atoms with van der Waals surface area (Å²) in [5.41, 5.74) is 1.94. The third kappa shape index (κ3) is 2.72. The second-order valence-electron chi connectivity index (χ2n) is 5.43. The number of carbonyl (C=O) groups excluding carboxylic acids is 1. The first-order chi connectivity index (χ1) is 9.75. The van der Waals surface area contributed by atoms with Crippen LogP contribution in [-0.2, 0) is 4.79 Å². The van der Waals surface area contributed by atoms with Gasteiger partial charge in [0.15, 0.2) is 0 Å². The van der Waals surface area contributed by atoms with Crippen molar-refractivity contribution in [3.05, 3.63) is 66.0 Å². The van der Waals surface area contributed by atoms with Gasteiger partial charge in [-0.15, -0.1) is 0 Å². The molecule has 1 N–H and O–H groups in total. The van der Waals surface area contributed by atoms with Gasteiger partial charge in [0.25, 0.3) is 0 Å². The van der Waals surface area contributed by atoms with E-state index in [0.29, 0.717) is 5.92 Å². The summed E-state index contributed by atoms with van der Waals surface area (Å²) in [6.45, 7) is 2.11. The van der Waals surface area contributed by atoms with E-state index in [4.69, 9.17) is 0 Å². The molecule has 1 heterocycles. The molecule has 1 fully saturated rings. The summed E-state index contributed by atoms with van der Waals surface area (Å²) in [5, 5.41) is 3.14. The Morgan fingerprint density at radius 1 is 1.20 bits per heavy atom. The van der Waals surface area contributed by atoms with E-state index in [-0.39, 0.29) is 17.9 Å². The van der Waals surface area contributed by atoms with Crippen molar-refractivity contribution in [1.29, 1.82) is 0 Å². The molecule has 0 saturated heterocycles. The topological polar surface area (TPSA) is 42.0 Å². The minimum atomic E-state index is -0.169. The van der Waals surface area contributed by atoms with Crippen molar-refractivity contribution < 1.29 is 4.79 Å². The molecule has 1 saturated carbocycles. The van der Waals surface area contributed by atoms with E-state index in [2.05, 4.69) is 17.2 Å². The molecule has 0 spiro atoms. The molecule has 0 radical (unpaired) electrons. The molecule has 1 aromatic heterocycles. The van der Waals surface area contributed by atoms with E-state index >= 15 is 0 Å². The number of amides is 1. The van der Waals surface area contributed by atoms with Crippen molar-refractivity contribution in [3.63, 3.8) is 0 Å². The monoisotopic (exact) mass is 266 g/mol. The molecule has 3 rings (SSSR count). The van der Waals surface area contributed by atoms with Gasteiger partial charge < -0.3 is 5.32 Å². The van der Waals surface area contributed by atoms with Gasteiger partial charge in [-0.05, 0) is 30.0 Å². The highest BCUT2D eigenvalue weighted by molar-refractivity contribution is 5.82. The maximum Gasteiger partial charge on any atom is 0.224 e. The molecule has 3 atom stereocenters. The predicted molar refractivity (Wildman–Crippen MR) is 77.9 cm³/mol. The SMILES string of the molecule is C[C@@H]1C[C@@H]1C(=O)N[C@@H](c1ccccc1)c1ccccn1. The van der Waals surface area contributed by atoms with Crippen molar-refractivity contribution in [3.8, 4) is 0 Å². The van der Waals surface area contributed by atoms with Gasteiger partial charge in [0.1, 0.15) is 0 Å². The maximum atomic E-state index is 12.2. The molecule has 0 bridgehead atoms. The number of pyridine rings is 1. The smallest absolute Gasteiger partial charge is 0.224 e. The normalized spacial score (nSPS) is 22.1. The summed E-state index contributed by atoms with van der Waals surface area (Å²) >= 11 is 0. The largest absolute Gasteiger partial charge is 0.343 e. The highest BCUT2D eigenvalue weighted by Gasteiger charge is 2.40. The summed E-state index contributed by atoms with van der Waals surface area (Å²) in [7, 11) is 0. The Bertz CT molecular complexity index is 543. The lowest BCUT2D eigenvalue weighted by atomic mass is 10.0. The molecule has 3 heteroatoms. The van der Waals surface area contributed by atoms with E-state index in [9.17, 15) is 4.79 Å². The van der Waals surface area contributed by atoms with E-state index in [1.807, 2.05) is 48.5 Å². The molecule has 0 unspecified atom stereocenters. The number of rotatable bonds is 4. The Hall–Kier alpha value is -2.16. The van der Waals surface area contributed by atoms with Crippen molar-refractivity contribution >= 4 is 5.91 Å². The van der Waals surface area contributed by atoms with Crippen molar-refractivity contribution in [2.45, 2.75) is 19.4 Å². The molecule has 20 heavy (non-hydrogen) atoms. The van der Waals surface area contributed by atoms with Gasteiger partial charge in [0, 0.05) is 12.1 Å². The first-order valence-corrected chi connectivity index (χ1v) is 7.02. The van der Waals surface area contributed by atoms with Crippen LogP contribution < -0.4 is 5.32 Å². The fourth-order valence-corrected chi connectivity index (χ4v) is 2.46. The van der Waals surface area contributed by atoms with Crippen LogP contribution in [0.25, 0.3) is 0 Å². The minimum absolute atomic E-state index is 0.136. The van der Waals surface area contributed by atoms with Gasteiger partial charge in [-0.25, -0.2) is 0 Å². The molecular weight excluding hydrogens is 248 g/mol. The van der Waals surface area contributed by atoms with Crippen LogP contribution in [0.5, 0.6) is 0 Å². The second kappa shape index (κ2) is 5.45. The molecular formula is C17H18N2O. The average Bonchev–Trinajstić information content (AvgIpc) is 3.23. The Balaban J connectivity index is 1.86. The van der Waals surface area contributed by atoms with Crippen molar-refractivity contribution in [2.75, 3.05) is 0 Å². The number of benzene rings is 1. The minimum Gasteiger partial charge on any atom is -0.343 e. The number of nitrogens with zero attached hydrogens (tertiary/aromatic N) is 1. The molecule has 1 aromatic carbocycles. The molecule has 0 aliphatic heterocycles. The fourth-order valence-electron chi connectivity index (χ4n) is 2.46. The van der Waals surface area contributed by atoms with E-state index in [1.54, 1.807) is 6.20 Å². The summed E-state index contributed by atoms with van der Waals surface area (Å²) < 4.78 is 0. The van der Waals surface area contributed by atoms with Gasteiger partial charge in [0.05, 0.1) is 11.7 Å². The highest BCUT2D eigenvalue weighted by atomic mass is 16.2. The molecule has 1 amide bonds. The predicted octanol–water partition coefficient (Wildman–Crippen LogP) is 2.94. The molecule has 2 aromatic rings. The third-order valence-corrected chi connectivity index (χ3v) is 3.85. The lowest BCUT2D eigenvalue weighted by Crippen LogP contribution is -2.31. The van der Waals surface area contributed by atoms with Gasteiger partial charge in [0.2, 0.25) is 5.91 Å². The van der Waals surface area contributed by atoms with Crippen LogP contribution in [0.1, 0.15) is 30.6 Å². The van der Waals surface area contributed by atoms with Crippen molar-refractivity contribution in [1.82, 2.24) is 10.3 Å². The molecule has 102 valence electrons. The summed E-state index contributed by atoms with van der Waals surface area (Å²) in [6.07, 6.45) is 2.76.